The highest BCUT2D eigenvalue weighted by Crippen LogP contribution is 2.51. The minimum absolute atomic E-state index is 0.0305. The van der Waals surface area contributed by atoms with Gasteiger partial charge in [0.1, 0.15) is 12.9 Å². The first kappa shape index (κ1) is 25.7. The molecule has 36 heavy (non-hydrogen) atoms. The van der Waals surface area contributed by atoms with Gasteiger partial charge in [-0.1, -0.05) is 25.9 Å². The van der Waals surface area contributed by atoms with Gasteiger partial charge in [0, 0.05) is 23.5 Å². The van der Waals surface area contributed by atoms with Crippen LogP contribution in [0.3, 0.4) is 0 Å². The number of hydrogen-bond donors (Lipinski definition) is 3. The van der Waals surface area contributed by atoms with Crippen molar-refractivity contribution in [1.29, 1.82) is 0 Å². The van der Waals surface area contributed by atoms with Gasteiger partial charge >= 0.3 is 0 Å². The topological polar surface area (TPSA) is 173 Å². The molecule has 1 amide bonds. The first-order chi connectivity index (χ1) is 16.7. The third-order valence-corrected chi connectivity index (χ3v) is 7.83. The molecule has 5 atom stereocenters. The molecular formula is C26H30N2O8. The van der Waals surface area contributed by atoms with Gasteiger partial charge in [0.05, 0.1) is 17.2 Å². The maximum atomic E-state index is 13.9. The number of carbonyl (C=O) groups is 5. The first-order valence-corrected chi connectivity index (χ1v) is 11.8. The van der Waals surface area contributed by atoms with Gasteiger partial charge in [-0.3, -0.25) is 24.0 Å². The number of ketones is 4. The van der Waals surface area contributed by atoms with Crippen molar-refractivity contribution in [3.63, 3.8) is 0 Å². The minimum atomic E-state index is -2.67. The molecule has 0 heterocycles. The van der Waals surface area contributed by atoms with E-state index in [4.69, 9.17) is 10.6 Å². The summed E-state index contributed by atoms with van der Waals surface area (Å²) in [5.41, 5.74) is 3.92. The van der Waals surface area contributed by atoms with Crippen molar-refractivity contribution in [3.05, 3.63) is 28.3 Å². The van der Waals surface area contributed by atoms with E-state index in [2.05, 4.69) is 5.16 Å². The Morgan fingerprint density at radius 2 is 1.81 bits per heavy atom. The number of hydrogen-bond acceptors (Lipinski definition) is 9. The van der Waals surface area contributed by atoms with Crippen molar-refractivity contribution in [2.45, 2.75) is 58.0 Å². The van der Waals surface area contributed by atoms with Crippen molar-refractivity contribution < 1.29 is 39.0 Å². The maximum absolute atomic E-state index is 13.9. The first-order valence-electron chi connectivity index (χ1n) is 11.8. The molecule has 0 saturated heterocycles. The van der Waals surface area contributed by atoms with E-state index in [-0.39, 0.29) is 30.6 Å². The molecule has 10 nitrogen and oxygen atoms in total. The van der Waals surface area contributed by atoms with E-state index in [1.807, 2.05) is 20.8 Å². The fourth-order valence-corrected chi connectivity index (χ4v) is 6.12. The standard InChI is InChI=1S/C26H30N2O8/c1-10(28-36-5)13-9-15(25(2,3)4)20(30)18-14(13)7-11-6-12-8-16(29)19(24(27)34)23(33)26(12,35)22(32)17(11)21(18)31/h9,11-12,17,19,30,35H,6-8H2,1-5H3,(H2,27,34)/t11-,12+,17?,19?,26+/m1/s1. The second-order valence-electron chi connectivity index (χ2n) is 11.0. The van der Waals surface area contributed by atoms with E-state index in [1.54, 1.807) is 13.0 Å². The molecule has 10 heteroatoms. The largest absolute Gasteiger partial charge is 0.507 e. The number of oxime groups is 1. The van der Waals surface area contributed by atoms with Gasteiger partial charge in [-0.15, -0.1) is 0 Å². The number of aromatic hydroxyl groups is 1. The Labute approximate surface area is 207 Å². The number of phenolic OH excluding ortho intramolecular Hbond substituents is 1. The molecule has 4 rings (SSSR count). The van der Waals surface area contributed by atoms with Gasteiger partial charge < -0.3 is 20.8 Å². The van der Waals surface area contributed by atoms with Crippen LogP contribution in [0.5, 0.6) is 5.75 Å². The molecule has 0 radical (unpaired) electrons. The average molecular weight is 499 g/mol. The highest BCUT2D eigenvalue weighted by molar-refractivity contribution is 6.31. The second kappa shape index (κ2) is 8.33. The Balaban J connectivity index is 1.91. The Hall–Kier alpha value is -3.40. The summed E-state index contributed by atoms with van der Waals surface area (Å²) in [5, 5.41) is 26.5. The van der Waals surface area contributed by atoms with Gasteiger partial charge in [0.2, 0.25) is 5.91 Å². The number of amides is 1. The summed E-state index contributed by atoms with van der Waals surface area (Å²) in [6.07, 6.45) is -0.171. The van der Waals surface area contributed by atoms with E-state index >= 15 is 0 Å². The third kappa shape index (κ3) is 3.49. The molecule has 1 aromatic rings. The van der Waals surface area contributed by atoms with Crippen LogP contribution in [0.15, 0.2) is 11.2 Å². The zero-order valence-corrected chi connectivity index (χ0v) is 20.9. The fraction of sp³-hybridized carbons (Fsp3) is 0.538. The van der Waals surface area contributed by atoms with Crippen molar-refractivity contribution in [1.82, 2.24) is 0 Å². The monoisotopic (exact) mass is 498 g/mol. The van der Waals surface area contributed by atoms with Crippen molar-refractivity contribution >= 4 is 34.8 Å². The Morgan fingerprint density at radius 1 is 1.17 bits per heavy atom. The molecule has 3 aliphatic carbocycles. The molecule has 2 fully saturated rings. The zero-order valence-electron chi connectivity index (χ0n) is 20.9. The average Bonchev–Trinajstić information content (AvgIpc) is 2.75. The molecule has 2 unspecified atom stereocenters. The molecule has 0 spiro atoms. The van der Waals surface area contributed by atoms with Crippen LogP contribution in [0.1, 0.15) is 67.6 Å². The van der Waals surface area contributed by atoms with E-state index < -0.39 is 63.7 Å². The Kier molecular flexibility index (Phi) is 5.94. The minimum Gasteiger partial charge on any atom is -0.507 e. The Bertz CT molecular complexity index is 1260. The number of phenols is 1. The van der Waals surface area contributed by atoms with Gasteiger partial charge in [0.15, 0.2) is 34.7 Å². The summed E-state index contributed by atoms with van der Waals surface area (Å²) < 4.78 is 0. The summed E-state index contributed by atoms with van der Waals surface area (Å²) in [7, 11) is 1.39. The van der Waals surface area contributed by atoms with E-state index in [0.29, 0.717) is 22.4 Å². The maximum Gasteiger partial charge on any atom is 0.235 e. The fourth-order valence-electron chi connectivity index (χ4n) is 6.12. The third-order valence-electron chi connectivity index (χ3n) is 7.83. The summed E-state index contributed by atoms with van der Waals surface area (Å²) >= 11 is 0. The quantitative estimate of drug-likeness (QED) is 0.314. The van der Waals surface area contributed by atoms with E-state index in [1.165, 1.54) is 7.11 Å². The number of benzene rings is 1. The van der Waals surface area contributed by atoms with Gasteiger partial charge in [0.25, 0.3) is 0 Å². The normalized spacial score (nSPS) is 30.4. The van der Waals surface area contributed by atoms with Crippen LogP contribution in [-0.4, -0.2) is 57.7 Å². The van der Waals surface area contributed by atoms with Crippen LogP contribution in [0.2, 0.25) is 0 Å². The highest BCUT2D eigenvalue weighted by atomic mass is 16.6. The van der Waals surface area contributed by atoms with Gasteiger partial charge in [-0.25, -0.2) is 0 Å². The summed E-state index contributed by atoms with van der Waals surface area (Å²) in [4.78, 5) is 69.8. The molecular weight excluding hydrogens is 468 g/mol. The van der Waals surface area contributed by atoms with Gasteiger partial charge in [-0.2, -0.15) is 0 Å². The number of carbonyl (C=O) groups excluding carboxylic acids is 5. The van der Waals surface area contributed by atoms with Crippen LogP contribution < -0.4 is 5.73 Å². The van der Waals surface area contributed by atoms with Crippen LogP contribution in [0.25, 0.3) is 0 Å². The molecule has 192 valence electrons. The second-order valence-corrected chi connectivity index (χ2v) is 11.0. The lowest BCUT2D eigenvalue weighted by molar-refractivity contribution is -0.175. The van der Waals surface area contributed by atoms with E-state index in [0.717, 1.165) is 0 Å². The number of primary amides is 1. The van der Waals surface area contributed by atoms with Crippen LogP contribution in [-0.2, 0) is 35.9 Å². The zero-order chi connectivity index (χ0) is 26.9. The number of Topliss-reactive ketones (excluding diaryl/α,β-unsaturated/α-hetero) is 4. The lowest BCUT2D eigenvalue weighted by atomic mass is 9.53. The molecule has 0 aliphatic heterocycles. The lowest BCUT2D eigenvalue weighted by Gasteiger charge is -2.48. The number of aliphatic hydroxyl groups is 1. The number of rotatable bonds is 3. The summed E-state index contributed by atoms with van der Waals surface area (Å²) in [5.74, 6) is -10.3. The predicted octanol–water partition coefficient (Wildman–Crippen LogP) is 0.995. The number of nitrogens with two attached hydrogens (primary N) is 1. The van der Waals surface area contributed by atoms with Gasteiger partial charge in [-0.05, 0) is 42.7 Å². The smallest absolute Gasteiger partial charge is 0.235 e. The van der Waals surface area contributed by atoms with Crippen LogP contribution in [0.4, 0.5) is 0 Å². The van der Waals surface area contributed by atoms with Crippen LogP contribution >= 0.6 is 0 Å². The van der Waals surface area contributed by atoms with E-state index in [9.17, 15) is 34.2 Å². The SMILES string of the molecule is CON=C(C)c1cc(C(C)(C)C)c(O)c2c1C[C@H]1C[C@H]3CC(=O)C(C(N)=O)C(=O)[C@@]3(O)C(=O)C1C2=O. The molecule has 4 N–H and O–H groups in total. The molecule has 0 bridgehead atoms. The molecule has 2 saturated carbocycles. The molecule has 3 aliphatic rings. The molecule has 1 aromatic carbocycles. The van der Waals surface area contributed by atoms with Crippen molar-refractivity contribution in [2.75, 3.05) is 7.11 Å². The number of nitrogens with zero attached hydrogens (tertiary/aromatic N) is 1. The lowest BCUT2D eigenvalue weighted by Crippen LogP contribution is -2.68. The highest BCUT2D eigenvalue weighted by Gasteiger charge is 2.66. The Morgan fingerprint density at radius 3 is 2.36 bits per heavy atom. The summed E-state index contributed by atoms with van der Waals surface area (Å²) in [6, 6.07) is 1.76. The van der Waals surface area contributed by atoms with Crippen molar-refractivity contribution in [2.24, 2.45) is 34.6 Å². The van der Waals surface area contributed by atoms with Crippen LogP contribution in [0, 0.1) is 23.7 Å². The number of fused-ring (bicyclic) bond motifs is 3. The molecule has 0 aromatic heterocycles. The predicted molar refractivity (Wildman–Crippen MR) is 126 cm³/mol. The summed E-state index contributed by atoms with van der Waals surface area (Å²) in [6.45, 7) is 7.28. The van der Waals surface area contributed by atoms with Crippen molar-refractivity contribution in [3.8, 4) is 5.75 Å².